The number of benzene rings is 1. The second-order valence-electron chi connectivity index (χ2n) is 4.29. The number of Topliss-reactive ketones (excluding diaryl/α,β-unsaturated/α-hetero) is 1. The van der Waals surface area contributed by atoms with E-state index in [0.717, 1.165) is 35.2 Å². The smallest absolute Gasteiger partial charge is 0.189 e. The number of aryl methyl sites for hydroxylation is 1. The van der Waals surface area contributed by atoms with E-state index in [1.807, 2.05) is 30.3 Å². The van der Waals surface area contributed by atoms with E-state index in [-0.39, 0.29) is 5.78 Å². The topological polar surface area (TPSA) is 42.9 Å². The molecule has 3 rings (SSSR count). The first-order valence-corrected chi connectivity index (χ1v) is 5.94. The Morgan fingerprint density at radius 3 is 2.83 bits per heavy atom. The first kappa shape index (κ1) is 10.8. The number of allylic oxidation sites excluding steroid dienone is 1. The highest BCUT2D eigenvalue weighted by atomic mass is 16.1. The minimum atomic E-state index is 0.113. The summed E-state index contributed by atoms with van der Waals surface area (Å²) in [5, 5.41) is 0. The normalized spacial score (nSPS) is 16.7. The maximum Gasteiger partial charge on any atom is 0.189 e. The average Bonchev–Trinajstić information content (AvgIpc) is 2.43. The Hall–Kier alpha value is -2.29. The molecule has 0 radical (unpaired) electrons. The minimum absolute atomic E-state index is 0.113. The third-order valence-electron chi connectivity index (χ3n) is 3.12. The molecule has 3 nitrogen and oxygen atoms in total. The molecular weight excluding hydrogens is 224 g/mol. The predicted molar refractivity (Wildman–Crippen MR) is 69.1 cm³/mol. The zero-order valence-corrected chi connectivity index (χ0v) is 9.84. The van der Waals surface area contributed by atoms with Crippen molar-refractivity contribution in [3.63, 3.8) is 0 Å². The third kappa shape index (κ3) is 1.95. The number of hydrogen-bond acceptors (Lipinski definition) is 3. The van der Waals surface area contributed by atoms with Gasteiger partial charge in [0.1, 0.15) is 0 Å². The van der Waals surface area contributed by atoms with Gasteiger partial charge in [0.2, 0.25) is 0 Å². The molecule has 0 bridgehead atoms. The largest absolute Gasteiger partial charge is 0.289 e. The van der Waals surface area contributed by atoms with Crippen LogP contribution in [0.4, 0.5) is 0 Å². The van der Waals surface area contributed by atoms with Crippen LogP contribution in [0.2, 0.25) is 0 Å². The lowest BCUT2D eigenvalue weighted by Gasteiger charge is -2.16. The number of rotatable bonds is 1. The van der Waals surface area contributed by atoms with Gasteiger partial charge in [-0.2, -0.15) is 0 Å². The molecule has 1 aliphatic rings. The zero-order valence-electron chi connectivity index (χ0n) is 9.84. The fourth-order valence-corrected chi connectivity index (χ4v) is 2.22. The minimum Gasteiger partial charge on any atom is -0.289 e. The molecule has 1 aromatic carbocycles. The summed E-state index contributed by atoms with van der Waals surface area (Å²) in [6, 6.07) is 7.79. The van der Waals surface area contributed by atoms with Gasteiger partial charge in [0.05, 0.1) is 11.9 Å². The van der Waals surface area contributed by atoms with Crippen molar-refractivity contribution in [2.24, 2.45) is 0 Å². The van der Waals surface area contributed by atoms with Crippen LogP contribution in [0.25, 0.3) is 6.08 Å². The van der Waals surface area contributed by atoms with Crippen LogP contribution in [0.15, 0.2) is 48.4 Å². The third-order valence-corrected chi connectivity index (χ3v) is 3.12. The summed E-state index contributed by atoms with van der Waals surface area (Å²) >= 11 is 0. The lowest BCUT2D eigenvalue weighted by molar-refractivity contribution is 0.102. The molecule has 0 spiro atoms. The Morgan fingerprint density at radius 2 is 2.00 bits per heavy atom. The van der Waals surface area contributed by atoms with Gasteiger partial charge in [-0.1, -0.05) is 24.3 Å². The van der Waals surface area contributed by atoms with Crippen molar-refractivity contribution < 1.29 is 4.79 Å². The molecule has 18 heavy (non-hydrogen) atoms. The van der Waals surface area contributed by atoms with Crippen LogP contribution in [0, 0.1) is 0 Å². The molecule has 0 unspecified atom stereocenters. The predicted octanol–water partition coefficient (Wildman–Crippen LogP) is 2.69. The maximum atomic E-state index is 12.3. The Labute approximate surface area is 105 Å². The Kier molecular flexibility index (Phi) is 2.73. The molecule has 0 atom stereocenters. The van der Waals surface area contributed by atoms with Crippen LogP contribution in [0.1, 0.15) is 28.0 Å². The van der Waals surface area contributed by atoms with Crippen molar-refractivity contribution in [1.82, 2.24) is 9.97 Å². The summed E-state index contributed by atoms with van der Waals surface area (Å²) < 4.78 is 0. The van der Waals surface area contributed by atoms with E-state index >= 15 is 0 Å². The van der Waals surface area contributed by atoms with E-state index in [2.05, 4.69) is 9.97 Å². The van der Waals surface area contributed by atoms with Crippen LogP contribution in [0.5, 0.6) is 0 Å². The molecule has 2 aromatic rings. The monoisotopic (exact) mass is 236 g/mol. The highest BCUT2D eigenvalue weighted by Gasteiger charge is 2.21. The first-order valence-electron chi connectivity index (χ1n) is 5.94. The fraction of sp³-hybridized carbons (Fsp3) is 0.133. The van der Waals surface area contributed by atoms with E-state index in [1.54, 1.807) is 18.6 Å². The van der Waals surface area contributed by atoms with Crippen LogP contribution in [-0.2, 0) is 6.42 Å². The maximum absolute atomic E-state index is 12.3. The molecule has 0 N–H and O–H groups in total. The molecule has 0 amide bonds. The van der Waals surface area contributed by atoms with Gasteiger partial charge >= 0.3 is 0 Å². The van der Waals surface area contributed by atoms with Gasteiger partial charge in [-0.05, 0) is 24.5 Å². The van der Waals surface area contributed by atoms with Crippen molar-refractivity contribution in [3.05, 3.63) is 65.2 Å². The van der Waals surface area contributed by atoms with Gasteiger partial charge in [-0.25, -0.2) is 0 Å². The molecular formula is C15H12N2O. The van der Waals surface area contributed by atoms with Crippen molar-refractivity contribution in [2.75, 3.05) is 0 Å². The molecule has 0 aliphatic heterocycles. The standard InChI is InChI=1S/C15H12N2O/c18-15-12(9-13-10-16-7-8-17-13)6-5-11-3-1-2-4-14(11)15/h1-4,7-10H,5-6H2/b12-9+. The number of carbonyl (C=O) groups is 1. The van der Waals surface area contributed by atoms with Crippen LogP contribution in [0.3, 0.4) is 0 Å². The summed E-state index contributed by atoms with van der Waals surface area (Å²) in [4.78, 5) is 20.5. The molecule has 1 aromatic heterocycles. The highest BCUT2D eigenvalue weighted by Crippen LogP contribution is 2.25. The van der Waals surface area contributed by atoms with E-state index in [4.69, 9.17) is 0 Å². The summed E-state index contributed by atoms with van der Waals surface area (Å²) in [6.07, 6.45) is 8.44. The van der Waals surface area contributed by atoms with E-state index < -0.39 is 0 Å². The molecule has 0 saturated carbocycles. The second kappa shape index (κ2) is 4.53. The number of aromatic nitrogens is 2. The lowest BCUT2D eigenvalue weighted by Crippen LogP contribution is -2.13. The van der Waals surface area contributed by atoms with Crippen molar-refractivity contribution in [3.8, 4) is 0 Å². The van der Waals surface area contributed by atoms with Crippen molar-refractivity contribution in [2.45, 2.75) is 12.8 Å². The Balaban J connectivity index is 1.98. The van der Waals surface area contributed by atoms with Crippen LogP contribution in [-0.4, -0.2) is 15.8 Å². The van der Waals surface area contributed by atoms with Gasteiger partial charge in [0.15, 0.2) is 5.78 Å². The molecule has 1 aliphatic carbocycles. The van der Waals surface area contributed by atoms with Gasteiger partial charge < -0.3 is 0 Å². The lowest BCUT2D eigenvalue weighted by atomic mass is 9.86. The molecule has 0 saturated heterocycles. The Bertz CT molecular complexity index is 617. The molecule has 3 heteroatoms. The summed E-state index contributed by atoms with van der Waals surface area (Å²) in [5.41, 5.74) is 3.51. The zero-order chi connectivity index (χ0) is 12.4. The van der Waals surface area contributed by atoms with Gasteiger partial charge in [0, 0.05) is 23.5 Å². The van der Waals surface area contributed by atoms with Crippen molar-refractivity contribution in [1.29, 1.82) is 0 Å². The SMILES string of the molecule is O=C1/C(=C/c2cnccn2)CCc2ccccc21. The number of carbonyl (C=O) groups excluding carboxylic acids is 1. The molecule has 1 heterocycles. The number of fused-ring (bicyclic) bond motifs is 1. The summed E-state index contributed by atoms with van der Waals surface area (Å²) in [7, 11) is 0. The van der Waals surface area contributed by atoms with Crippen molar-refractivity contribution >= 4 is 11.9 Å². The van der Waals surface area contributed by atoms with Gasteiger partial charge in [-0.15, -0.1) is 0 Å². The van der Waals surface area contributed by atoms with Crippen LogP contribution >= 0.6 is 0 Å². The summed E-state index contributed by atoms with van der Waals surface area (Å²) in [6.45, 7) is 0. The summed E-state index contributed by atoms with van der Waals surface area (Å²) in [5.74, 6) is 0.113. The number of hydrogen-bond donors (Lipinski definition) is 0. The first-order chi connectivity index (χ1) is 8.84. The quantitative estimate of drug-likeness (QED) is 0.715. The van der Waals surface area contributed by atoms with Gasteiger partial charge in [-0.3, -0.25) is 14.8 Å². The average molecular weight is 236 g/mol. The van der Waals surface area contributed by atoms with E-state index in [0.29, 0.717) is 0 Å². The molecule has 88 valence electrons. The second-order valence-corrected chi connectivity index (χ2v) is 4.29. The molecule has 0 fully saturated rings. The fourth-order valence-electron chi connectivity index (χ4n) is 2.22. The number of nitrogens with zero attached hydrogens (tertiary/aromatic N) is 2. The van der Waals surface area contributed by atoms with Gasteiger partial charge in [0.25, 0.3) is 0 Å². The van der Waals surface area contributed by atoms with Crippen LogP contribution < -0.4 is 0 Å². The Morgan fingerprint density at radius 1 is 1.11 bits per heavy atom. The van der Waals surface area contributed by atoms with E-state index in [1.165, 1.54) is 0 Å². The number of ketones is 1. The highest BCUT2D eigenvalue weighted by molar-refractivity contribution is 6.13. The van der Waals surface area contributed by atoms with E-state index in [9.17, 15) is 4.79 Å².